The normalized spacial score (nSPS) is 14.4. The molecule has 0 saturated heterocycles. The second-order valence-corrected chi connectivity index (χ2v) is 5.77. The molecule has 25 heavy (non-hydrogen) atoms. The molecule has 0 radical (unpaired) electrons. The van der Waals surface area contributed by atoms with Gasteiger partial charge in [0.05, 0.1) is 17.9 Å². The first kappa shape index (κ1) is 17.0. The number of amides is 1. The predicted molar refractivity (Wildman–Crippen MR) is 98.2 cm³/mol. The van der Waals surface area contributed by atoms with E-state index in [4.69, 9.17) is 4.74 Å². The Kier molecular flexibility index (Phi) is 5.00. The number of aryl methyl sites for hydroxylation is 1. The van der Waals surface area contributed by atoms with E-state index in [0.29, 0.717) is 17.9 Å². The number of hydrogen-bond acceptors (Lipinski definition) is 4. The van der Waals surface area contributed by atoms with Gasteiger partial charge in [-0.05, 0) is 42.8 Å². The molecule has 1 amide bonds. The van der Waals surface area contributed by atoms with Crippen molar-refractivity contribution in [2.75, 3.05) is 36.2 Å². The van der Waals surface area contributed by atoms with Crippen LogP contribution in [-0.4, -0.2) is 26.2 Å². The van der Waals surface area contributed by atoms with Crippen LogP contribution < -0.4 is 16.0 Å². The molecular weight excluding hydrogens is 321 g/mol. The highest BCUT2D eigenvalue weighted by Crippen LogP contribution is 2.33. The molecule has 6 heteroatoms. The third kappa shape index (κ3) is 3.64. The van der Waals surface area contributed by atoms with E-state index in [2.05, 4.69) is 16.0 Å². The second kappa shape index (κ2) is 7.36. The Morgan fingerprint density at radius 2 is 2.12 bits per heavy atom. The van der Waals surface area contributed by atoms with Crippen molar-refractivity contribution in [2.24, 2.45) is 0 Å². The summed E-state index contributed by atoms with van der Waals surface area (Å²) in [6.07, 6.45) is 1.54. The molecule has 130 valence electrons. The van der Waals surface area contributed by atoms with Crippen LogP contribution in [0.25, 0.3) is 5.57 Å². The molecule has 0 aromatic heterocycles. The highest BCUT2D eigenvalue weighted by atomic mass is 19.1. The maximum absolute atomic E-state index is 14.0. The fourth-order valence-corrected chi connectivity index (χ4v) is 2.74. The number of rotatable bonds is 6. The van der Waals surface area contributed by atoms with E-state index in [9.17, 15) is 9.18 Å². The zero-order chi connectivity index (χ0) is 17.8. The molecule has 0 fully saturated rings. The number of hydrogen-bond donors (Lipinski definition) is 3. The molecule has 2 aromatic carbocycles. The molecule has 2 aromatic rings. The zero-order valence-electron chi connectivity index (χ0n) is 14.2. The van der Waals surface area contributed by atoms with E-state index >= 15 is 0 Å². The van der Waals surface area contributed by atoms with Gasteiger partial charge in [0, 0.05) is 36.8 Å². The molecular formula is C19H20FN3O2. The first-order chi connectivity index (χ1) is 12.1. The fourth-order valence-electron chi connectivity index (χ4n) is 2.74. The molecule has 1 aliphatic heterocycles. The van der Waals surface area contributed by atoms with Gasteiger partial charge >= 0.3 is 0 Å². The molecule has 0 saturated carbocycles. The number of carbonyl (C=O) groups excluding carboxylic acids is 1. The number of fused-ring (bicyclic) bond motifs is 1. The standard InChI is InChI=1S/C19H20FN3O2/c1-12-10-13(6-7-16(12)21-8-9-25-2)22-11-14-18-15(20)4-3-5-17(18)23-19(14)24/h3-7,10-11,21-22H,8-9H2,1-2H3,(H,23,24). The summed E-state index contributed by atoms with van der Waals surface area (Å²) in [6, 6.07) is 10.4. The lowest BCUT2D eigenvalue weighted by molar-refractivity contribution is -0.110. The fraction of sp³-hybridized carbons (Fsp3) is 0.211. The number of benzene rings is 2. The van der Waals surface area contributed by atoms with Crippen LogP contribution >= 0.6 is 0 Å². The first-order valence-electron chi connectivity index (χ1n) is 8.00. The molecule has 0 bridgehead atoms. The minimum Gasteiger partial charge on any atom is -0.383 e. The van der Waals surface area contributed by atoms with E-state index in [0.717, 1.165) is 23.5 Å². The highest BCUT2D eigenvalue weighted by Gasteiger charge is 2.27. The number of nitrogens with one attached hydrogen (secondary N) is 3. The van der Waals surface area contributed by atoms with Crippen molar-refractivity contribution in [2.45, 2.75) is 6.92 Å². The van der Waals surface area contributed by atoms with Crippen molar-refractivity contribution in [1.82, 2.24) is 0 Å². The van der Waals surface area contributed by atoms with Crippen molar-refractivity contribution in [3.8, 4) is 0 Å². The Labute approximate surface area is 145 Å². The number of ether oxygens (including phenoxy) is 1. The lowest BCUT2D eigenvalue weighted by Crippen LogP contribution is -2.08. The average molecular weight is 341 g/mol. The quantitative estimate of drug-likeness (QED) is 0.555. The third-order valence-electron chi connectivity index (χ3n) is 4.01. The minimum atomic E-state index is -0.419. The highest BCUT2D eigenvalue weighted by molar-refractivity contribution is 6.31. The van der Waals surface area contributed by atoms with Crippen molar-refractivity contribution < 1.29 is 13.9 Å². The maximum Gasteiger partial charge on any atom is 0.257 e. The van der Waals surface area contributed by atoms with Crippen LogP contribution in [0.2, 0.25) is 0 Å². The summed E-state index contributed by atoms with van der Waals surface area (Å²) >= 11 is 0. The van der Waals surface area contributed by atoms with Crippen LogP contribution in [-0.2, 0) is 9.53 Å². The lowest BCUT2D eigenvalue weighted by Gasteiger charge is -2.11. The molecule has 3 N–H and O–H groups in total. The van der Waals surface area contributed by atoms with Crippen molar-refractivity contribution in [3.63, 3.8) is 0 Å². The molecule has 3 rings (SSSR count). The van der Waals surface area contributed by atoms with Gasteiger partial charge in [0.25, 0.3) is 5.91 Å². The number of halogens is 1. The molecule has 0 atom stereocenters. The van der Waals surface area contributed by atoms with Gasteiger partial charge in [0.2, 0.25) is 0 Å². The van der Waals surface area contributed by atoms with E-state index in [-0.39, 0.29) is 11.5 Å². The Hall–Kier alpha value is -2.86. The monoisotopic (exact) mass is 341 g/mol. The minimum absolute atomic E-state index is 0.285. The van der Waals surface area contributed by atoms with Crippen LogP contribution in [0, 0.1) is 12.7 Å². The summed E-state index contributed by atoms with van der Waals surface area (Å²) in [5.74, 6) is -0.736. The van der Waals surface area contributed by atoms with Crippen molar-refractivity contribution >= 4 is 28.5 Å². The van der Waals surface area contributed by atoms with Gasteiger partial charge in [0.1, 0.15) is 5.82 Å². The van der Waals surface area contributed by atoms with Gasteiger partial charge in [-0.25, -0.2) is 4.39 Å². The molecule has 0 spiro atoms. The molecule has 5 nitrogen and oxygen atoms in total. The summed E-state index contributed by atoms with van der Waals surface area (Å²) in [5, 5.41) is 9.03. The van der Waals surface area contributed by atoms with Crippen molar-refractivity contribution in [3.05, 3.63) is 59.5 Å². The first-order valence-corrected chi connectivity index (χ1v) is 8.00. The second-order valence-electron chi connectivity index (χ2n) is 5.77. The topological polar surface area (TPSA) is 62.4 Å². The summed E-state index contributed by atoms with van der Waals surface area (Å²) in [7, 11) is 1.66. The largest absolute Gasteiger partial charge is 0.383 e. The van der Waals surface area contributed by atoms with Gasteiger partial charge in [0.15, 0.2) is 0 Å². The van der Waals surface area contributed by atoms with Gasteiger partial charge in [-0.15, -0.1) is 0 Å². The number of methoxy groups -OCH3 is 1. The summed E-state index contributed by atoms with van der Waals surface area (Å²) in [6.45, 7) is 3.35. The van der Waals surface area contributed by atoms with E-state index in [1.807, 2.05) is 25.1 Å². The Morgan fingerprint density at radius 1 is 1.28 bits per heavy atom. The molecule has 1 heterocycles. The Balaban J connectivity index is 1.77. The van der Waals surface area contributed by atoms with Crippen LogP contribution in [0.1, 0.15) is 11.1 Å². The predicted octanol–water partition coefficient (Wildman–Crippen LogP) is 3.60. The van der Waals surface area contributed by atoms with Gasteiger partial charge in [-0.1, -0.05) is 6.07 Å². The smallest absolute Gasteiger partial charge is 0.257 e. The van der Waals surface area contributed by atoms with Crippen LogP contribution in [0.5, 0.6) is 0 Å². The van der Waals surface area contributed by atoms with Crippen LogP contribution in [0.3, 0.4) is 0 Å². The van der Waals surface area contributed by atoms with E-state index in [1.165, 1.54) is 12.3 Å². The Bertz CT molecular complexity index is 833. The summed E-state index contributed by atoms with van der Waals surface area (Å²) in [5.41, 5.74) is 3.97. The Morgan fingerprint density at radius 3 is 2.88 bits per heavy atom. The van der Waals surface area contributed by atoms with Gasteiger partial charge < -0.3 is 20.7 Å². The van der Waals surface area contributed by atoms with E-state index < -0.39 is 5.82 Å². The van der Waals surface area contributed by atoms with Crippen molar-refractivity contribution in [1.29, 1.82) is 0 Å². The summed E-state index contributed by atoms with van der Waals surface area (Å²) < 4.78 is 19.0. The molecule has 1 aliphatic rings. The number of carbonyl (C=O) groups is 1. The van der Waals surface area contributed by atoms with Gasteiger partial charge in [-0.3, -0.25) is 4.79 Å². The third-order valence-corrected chi connectivity index (χ3v) is 4.01. The van der Waals surface area contributed by atoms with Gasteiger partial charge in [-0.2, -0.15) is 0 Å². The number of anilines is 3. The van der Waals surface area contributed by atoms with Crippen LogP contribution in [0.4, 0.5) is 21.5 Å². The average Bonchev–Trinajstić information content (AvgIpc) is 2.91. The maximum atomic E-state index is 14.0. The molecule has 0 aliphatic carbocycles. The lowest BCUT2D eigenvalue weighted by atomic mass is 10.1. The SMILES string of the molecule is COCCNc1ccc(NC=C2C(=O)Nc3cccc(F)c32)cc1C. The van der Waals surface area contributed by atoms with E-state index in [1.54, 1.807) is 19.2 Å². The van der Waals surface area contributed by atoms with Crippen LogP contribution in [0.15, 0.2) is 42.6 Å². The summed E-state index contributed by atoms with van der Waals surface area (Å²) in [4.78, 5) is 12.1. The molecule has 0 unspecified atom stereocenters. The zero-order valence-corrected chi connectivity index (χ0v) is 14.2.